The number of imide groups is 2. The molecule has 10 rings (SSSR count). The van der Waals surface area contributed by atoms with Gasteiger partial charge < -0.3 is 15.4 Å². The van der Waals surface area contributed by atoms with E-state index in [1.54, 1.807) is 12.1 Å². The Balaban J connectivity index is 0.730. The van der Waals surface area contributed by atoms with Crippen LogP contribution >= 0.6 is 0 Å². The molecular formula is C43H44N10O5. The average molecular weight is 781 g/mol. The molecule has 0 spiro atoms. The van der Waals surface area contributed by atoms with Gasteiger partial charge in [-0.15, -0.1) is 0 Å². The van der Waals surface area contributed by atoms with Gasteiger partial charge in [0.25, 0.3) is 11.8 Å². The van der Waals surface area contributed by atoms with Crippen molar-refractivity contribution in [2.45, 2.75) is 62.7 Å². The van der Waals surface area contributed by atoms with Crippen LogP contribution in [0, 0.1) is 0 Å². The fourth-order valence-corrected chi connectivity index (χ4v) is 9.41. The summed E-state index contributed by atoms with van der Waals surface area (Å²) in [4.78, 5) is 68.2. The van der Waals surface area contributed by atoms with Crippen LogP contribution in [0.15, 0.2) is 79.1 Å². The first-order valence-electron chi connectivity index (χ1n) is 20.2. The molecule has 0 radical (unpaired) electrons. The van der Waals surface area contributed by atoms with Gasteiger partial charge in [-0.1, -0.05) is 18.2 Å². The molecule has 1 atom stereocenters. The molecule has 5 aromatic rings. The van der Waals surface area contributed by atoms with Crippen LogP contribution < -0.4 is 20.7 Å². The number of nitrogens with one attached hydrogen (secondary N) is 1. The third kappa shape index (κ3) is 6.43. The Morgan fingerprint density at radius 2 is 1.41 bits per heavy atom. The molecule has 15 heteroatoms. The number of aromatic nitrogens is 4. The van der Waals surface area contributed by atoms with Crippen molar-refractivity contribution in [1.82, 2.24) is 39.8 Å². The molecule has 3 aromatic carbocycles. The normalized spacial score (nSPS) is 21.4. The van der Waals surface area contributed by atoms with Crippen molar-refractivity contribution < 1.29 is 23.9 Å². The number of likely N-dealkylation sites (tertiary alicyclic amines) is 2. The molecule has 2 aromatic heterocycles. The van der Waals surface area contributed by atoms with Crippen LogP contribution in [0.3, 0.4) is 0 Å². The number of para-hydroxylation sites is 1. The number of amides is 4. The maximum absolute atomic E-state index is 13.4. The highest BCUT2D eigenvalue weighted by Gasteiger charge is 2.45. The molecule has 4 amide bonds. The fourth-order valence-electron chi connectivity index (χ4n) is 9.41. The van der Waals surface area contributed by atoms with Crippen molar-refractivity contribution in [1.29, 1.82) is 0 Å². The lowest BCUT2D eigenvalue weighted by atomic mass is 9.94. The van der Waals surface area contributed by atoms with Gasteiger partial charge >= 0.3 is 0 Å². The zero-order chi connectivity index (χ0) is 39.5. The van der Waals surface area contributed by atoms with E-state index in [0.29, 0.717) is 29.0 Å². The summed E-state index contributed by atoms with van der Waals surface area (Å²) >= 11 is 0. The number of ether oxygens (including phenoxy) is 1. The minimum absolute atomic E-state index is 0.0986. The molecule has 58 heavy (non-hydrogen) atoms. The summed E-state index contributed by atoms with van der Waals surface area (Å²) < 4.78 is 8.07. The van der Waals surface area contributed by atoms with Gasteiger partial charge in [-0.25, -0.2) is 14.6 Å². The number of piperidine rings is 3. The number of hydrogen-bond donors (Lipinski definition) is 2. The monoisotopic (exact) mass is 780 g/mol. The number of benzene rings is 3. The van der Waals surface area contributed by atoms with Gasteiger partial charge in [0, 0.05) is 69.0 Å². The average Bonchev–Trinajstić information content (AvgIpc) is 3.74. The first-order chi connectivity index (χ1) is 28.3. The molecular weight excluding hydrogens is 737 g/mol. The summed E-state index contributed by atoms with van der Waals surface area (Å²) in [6.45, 7) is 5.81. The second-order valence-electron chi connectivity index (χ2n) is 16.0. The van der Waals surface area contributed by atoms with E-state index >= 15 is 0 Å². The Morgan fingerprint density at radius 3 is 2.16 bits per heavy atom. The number of nitrogens with zero attached hydrogens (tertiary/aromatic N) is 8. The van der Waals surface area contributed by atoms with E-state index in [1.165, 1.54) is 6.33 Å². The zero-order valence-electron chi connectivity index (χ0n) is 32.0. The predicted molar refractivity (Wildman–Crippen MR) is 215 cm³/mol. The van der Waals surface area contributed by atoms with Gasteiger partial charge in [-0.2, -0.15) is 5.10 Å². The van der Waals surface area contributed by atoms with E-state index in [9.17, 15) is 19.2 Å². The number of nitrogen functional groups attached to an aromatic ring is 1. The maximum Gasteiger partial charge on any atom is 0.262 e. The highest BCUT2D eigenvalue weighted by atomic mass is 16.5. The van der Waals surface area contributed by atoms with E-state index in [4.69, 9.17) is 15.6 Å². The molecule has 7 heterocycles. The Kier molecular flexibility index (Phi) is 9.13. The van der Waals surface area contributed by atoms with E-state index in [-0.39, 0.29) is 24.8 Å². The third-order valence-electron chi connectivity index (χ3n) is 12.6. The van der Waals surface area contributed by atoms with Crippen molar-refractivity contribution in [3.8, 4) is 22.8 Å². The zero-order valence-corrected chi connectivity index (χ0v) is 32.0. The van der Waals surface area contributed by atoms with Crippen molar-refractivity contribution >= 4 is 46.2 Å². The minimum atomic E-state index is -0.965. The number of hydrogen-bond acceptors (Lipinski definition) is 12. The Bertz CT molecular complexity index is 2420. The standard InChI is InChI=1S/C43H44N10O5/c44-39-37-38(26-6-9-32(10-7-26)58-31-4-2-1-3-5-31)48-53(40(37)46-25-45-39)28-16-20-50(21-17-28)30-23-51(24-30)27-14-18-49(19-15-27)29-8-11-33-34(22-29)43(57)52(42(33)56)35-12-13-36(54)47-41(35)55/h1-11,22,25,27-28,30,35H,12-21,23-24H2,(H2,44,45,46)(H,47,54,55). The largest absolute Gasteiger partial charge is 0.457 e. The van der Waals surface area contributed by atoms with Crippen LogP contribution in [0.1, 0.15) is 65.3 Å². The molecule has 296 valence electrons. The lowest BCUT2D eigenvalue weighted by molar-refractivity contribution is -0.136. The molecule has 0 bridgehead atoms. The molecule has 4 saturated heterocycles. The van der Waals surface area contributed by atoms with Gasteiger partial charge in [0.05, 0.1) is 22.6 Å². The first-order valence-corrected chi connectivity index (χ1v) is 20.2. The van der Waals surface area contributed by atoms with E-state index < -0.39 is 23.8 Å². The van der Waals surface area contributed by atoms with Crippen LogP contribution in [-0.2, 0) is 9.59 Å². The predicted octanol–water partition coefficient (Wildman–Crippen LogP) is 4.26. The number of rotatable bonds is 8. The van der Waals surface area contributed by atoms with Gasteiger partial charge in [-0.05, 0) is 86.7 Å². The number of carbonyl (C=O) groups is 4. The summed E-state index contributed by atoms with van der Waals surface area (Å²) in [5.74, 6) is 0.00861. The summed E-state index contributed by atoms with van der Waals surface area (Å²) in [6, 6.07) is 23.3. The van der Waals surface area contributed by atoms with Crippen molar-refractivity contribution in [3.63, 3.8) is 0 Å². The van der Waals surface area contributed by atoms with Gasteiger partial charge in [0.1, 0.15) is 35.4 Å². The Hall–Kier alpha value is -6.19. The van der Waals surface area contributed by atoms with E-state index in [1.807, 2.05) is 60.7 Å². The highest BCUT2D eigenvalue weighted by molar-refractivity contribution is 6.23. The number of nitrogens with two attached hydrogens (primary N) is 1. The SMILES string of the molecule is Nc1ncnc2c1c(-c1ccc(Oc3ccccc3)cc1)nn2C1CCN(C2CN(C3CCN(c4ccc5c(c4)C(=O)N(C4CCC(=O)NC4=O)C5=O)CC3)C2)CC1. The van der Waals surface area contributed by atoms with Crippen LogP contribution in [-0.4, -0.2) is 115 Å². The molecule has 0 saturated carbocycles. The quantitative estimate of drug-likeness (QED) is 0.215. The van der Waals surface area contributed by atoms with Crippen molar-refractivity contribution in [2.24, 2.45) is 0 Å². The van der Waals surface area contributed by atoms with E-state index in [2.05, 4.69) is 34.7 Å². The van der Waals surface area contributed by atoms with Gasteiger partial charge in [-0.3, -0.25) is 39.2 Å². The molecule has 5 aliphatic heterocycles. The van der Waals surface area contributed by atoms with Crippen molar-refractivity contribution in [3.05, 3.63) is 90.3 Å². The molecule has 15 nitrogen and oxygen atoms in total. The summed E-state index contributed by atoms with van der Waals surface area (Å²) in [6.07, 6.45) is 5.74. The first kappa shape index (κ1) is 36.2. The number of anilines is 2. The molecule has 4 fully saturated rings. The Labute approximate surface area is 334 Å². The fraction of sp³-hybridized carbons (Fsp3) is 0.372. The lowest BCUT2D eigenvalue weighted by Gasteiger charge is -2.52. The minimum Gasteiger partial charge on any atom is -0.457 e. The highest BCUT2D eigenvalue weighted by Crippen LogP contribution is 2.37. The van der Waals surface area contributed by atoms with Crippen molar-refractivity contribution in [2.75, 3.05) is 49.9 Å². The van der Waals surface area contributed by atoms with Crippen LogP contribution in [0.4, 0.5) is 11.5 Å². The molecule has 0 aliphatic carbocycles. The smallest absolute Gasteiger partial charge is 0.262 e. The molecule has 3 N–H and O–H groups in total. The van der Waals surface area contributed by atoms with Crippen LogP contribution in [0.25, 0.3) is 22.3 Å². The second-order valence-corrected chi connectivity index (χ2v) is 16.0. The maximum atomic E-state index is 13.4. The topological polar surface area (TPSA) is 172 Å². The third-order valence-corrected chi connectivity index (χ3v) is 12.6. The molecule has 5 aliphatic rings. The summed E-state index contributed by atoms with van der Waals surface area (Å²) in [5, 5.41) is 8.15. The molecule has 1 unspecified atom stereocenters. The summed E-state index contributed by atoms with van der Waals surface area (Å²) in [7, 11) is 0. The van der Waals surface area contributed by atoms with Gasteiger partial charge in [0.15, 0.2) is 5.65 Å². The number of carbonyl (C=O) groups excluding carboxylic acids is 4. The second kappa shape index (κ2) is 14.6. The summed E-state index contributed by atoms with van der Waals surface area (Å²) in [5.41, 5.74) is 10.5. The van der Waals surface area contributed by atoms with Crippen LogP contribution in [0.5, 0.6) is 11.5 Å². The number of fused-ring (bicyclic) bond motifs is 2. The lowest BCUT2D eigenvalue weighted by Crippen LogP contribution is -2.64. The Morgan fingerprint density at radius 1 is 0.707 bits per heavy atom. The van der Waals surface area contributed by atoms with Gasteiger partial charge in [0.2, 0.25) is 11.8 Å². The van der Waals surface area contributed by atoms with Crippen LogP contribution in [0.2, 0.25) is 0 Å². The van der Waals surface area contributed by atoms with E-state index in [0.717, 1.165) is 109 Å².